The Bertz CT molecular complexity index is 159. The average molecular weight is 172 g/mol. The van der Waals surface area contributed by atoms with Gasteiger partial charge >= 0.3 is 6.03 Å². The molecule has 2 N–H and O–H groups in total. The van der Waals surface area contributed by atoms with Gasteiger partial charge in [-0.15, -0.1) is 0 Å². The quantitative estimate of drug-likeness (QED) is 0.539. The van der Waals surface area contributed by atoms with E-state index in [4.69, 9.17) is 0 Å². The predicted molar refractivity (Wildman–Crippen MR) is 46.7 cm³/mol. The second-order valence-corrected chi connectivity index (χ2v) is 3.02. The first-order valence-corrected chi connectivity index (χ1v) is 4.14. The lowest BCUT2D eigenvalue weighted by Gasteiger charge is -2.17. The van der Waals surface area contributed by atoms with Crippen LogP contribution in [0.15, 0.2) is 0 Å². The van der Waals surface area contributed by atoms with Crippen molar-refractivity contribution in [2.24, 2.45) is 0 Å². The summed E-state index contributed by atoms with van der Waals surface area (Å²) < 4.78 is 0. The molecule has 1 aliphatic rings. The van der Waals surface area contributed by atoms with Gasteiger partial charge in [0.1, 0.15) is 0 Å². The number of hydrogen-bond acceptors (Lipinski definition) is 3. The van der Waals surface area contributed by atoms with E-state index in [-0.39, 0.29) is 6.03 Å². The van der Waals surface area contributed by atoms with Crippen LogP contribution in [0.4, 0.5) is 4.79 Å². The van der Waals surface area contributed by atoms with E-state index in [0.717, 1.165) is 26.2 Å². The molecule has 1 aliphatic heterocycles. The molecule has 2 amide bonds. The van der Waals surface area contributed by atoms with Gasteiger partial charge in [0.25, 0.3) is 0 Å². The molecule has 0 bridgehead atoms. The summed E-state index contributed by atoms with van der Waals surface area (Å²) in [7, 11) is 3.87. The molecule has 0 aliphatic carbocycles. The van der Waals surface area contributed by atoms with E-state index in [1.54, 1.807) is 4.90 Å². The first kappa shape index (κ1) is 9.28. The van der Waals surface area contributed by atoms with Gasteiger partial charge in [-0.05, 0) is 0 Å². The van der Waals surface area contributed by atoms with Gasteiger partial charge in [-0.25, -0.2) is 4.79 Å². The Morgan fingerprint density at radius 2 is 2.42 bits per heavy atom. The molecule has 0 aromatic heterocycles. The highest BCUT2D eigenvalue weighted by atomic mass is 16.2. The summed E-state index contributed by atoms with van der Waals surface area (Å²) in [6.45, 7) is 3.18. The average Bonchev–Trinajstić information content (AvgIpc) is 2.36. The number of carbonyl (C=O) groups excluding carboxylic acids is 1. The van der Waals surface area contributed by atoms with Gasteiger partial charge in [0.15, 0.2) is 0 Å². The van der Waals surface area contributed by atoms with Crippen molar-refractivity contribution in [1.29, 1.82) is 0 Å². The normalized spacial score (nSPS) is 17.2. The van der Waals surface area contributed by atoms with Crippen LogP contribution in [-0.2, 0) is 0 Å². The minimum Gasteiger partial charge on any atom is -0.336 e. The first-order valence-electron chi connectivity index (χ1n) is 4.14. The molecule has 0 saturated carbocycles. The van der Waals surface area contributed by atoms with E-state index in [0.29, 0.717) is 0 Å². The van der Waals surface area contributed by atoms with Crippen LogP contribution in [0.1, 0.15) is 0 Å². The highest BCUT2D eigenvalue weighted by molar-refractivity contribution is 5.76. The van der Waals surface area contributed by atoms with Gasteiger partial charge in [0.2, 0.25) is 0 Å². The van der Waals surface area contributed by atoms with Crippen molar-refractivity contribution in [2.45, 2.75) is 0 Å². The monoisotopic (exact) mass is 172 g/mol. The topological polar surface area (TPSA) is 47.6 Å². The van der Waals surface area contributed by atoms with Crippen LogP contribution >= 0.6 is 0 Å². The molecule has 1 fully saturated rings. The standard InChI is InChI=1S/C7H16N4O/c1-10(2)9-4-6-11-5-3-8-7(11)12/h9H,3-6H2,1-2H3,(H,8,12). The molecule has 0 radical (unpaired) electrons. The van der Waals surface area contributed by atoms with Crippen LogP contribution in [0, 0.1) is 0 Å². The summed E-state index contributed by atoms with van der Waals surface area (Å²) in [6, 6.07) is 0.0514. The first-order chi connectivity index (χ1) is 5.70. The summed E-state index contributed by atoms with van der Waals surface area (Å²) in [5, 5.41) is 4.64. The van der Waals surface area contributed by atoms with Crippen LogP contribution in [0.2, 0.25) is 0 Å². The lowest BCUT2D eigenvalue weighted by atomic mass is 10.5. The Morgan fingerprint density at radius 1 is 1.67 bits per heavy atom. The van der Waals surface area contributed by atoms with Crippen LogP contribution in [0.5, 0.6) is 0 Å². The molecule has 0 atom stereocenters. The molecular formula is C7H16N4O. The van der Waals surface area contributed by atoms with E-state index < -0.39 is 0 Å². The van der Waals surface area contributed by atoms with E-state index in [2.05, 4.69) is 10.7 Å². The van der Waals surface area contributed by atoms with E-state index in [1.165, 1.54) is 0 Å². The summed E-state index contributed by atoms with van der Waals surface area (Å²) in [4.78, 5) is 12.8. The molecule has 0 spiro atoms. The largest absolute Gasteiger partial charge is 0.336 e. The SMILES string of the molecule is CN(C)NCCN1CCNC1=O. The zero-order valence-corrected chi connectivity index (χ0v) is 7.63. The lowest BCUT2D eigenvalue weighted by molar-refractivity contribution is 0.210. The number of urea groups is 1. The third-order valence-electron chi connectivity index (χ3n) is 1.75. The molecule has 5 nitrogen and oxygen atoms in total. The van der Waals surface area contributed by atoms with E-state index in [9.17, 15) is 4.79 Å². The fourth-order valence-corrected chi connectivity index (χ4v) is 1.13. The molecule has 0 unspecified atom stereocenters. The van der Waals surface area contributed by atoms with Crippen LogP contribution in [0.3, 0.4) is 0 Å². The van der Waals surface area contributed by atoms with Gasteiger partial charge in [-0.1, -0.05) is 0 Å². The predicted octanol–water partition coefficient (Wildman–Crippen LogP) is -0.922. The Hall–Kier alpha value is -0.810. The Labute approximate surface area is 72.7 Å². The Balaban J connectivity index is 2.10. The number of hydrogen-bond donors (Lipinski definition) is 2. The summed E-state index contributed by atoms with van der Waals surface area (Å²) in [5.41, 5.74) is 3.10. The summed E-state index contributed by atoms with van der Waals surface area (Å²) >= 11 is 0. The van der Waals surface area contributed by atoms with Gasteiger partial charge in [-0.2, -0.15) is 0 Å². The smallest absolute Gasteiger partial charge is 0.317 e. The van der Waals surface area contributed by atoms with Gasteiger partial charge in [0, 0.05) is 40.3 Å². The molecule has 1 heterocycles. The zero-order valence-electron chi connectivity index (χ0n) is 7.63. The van der Waals surface area contributed by atoms with Crippen LogP contribution < -0.4 is 10.7 Å². The van der Waals surface area contributed by atoms with Crippen molar-refractivity contribution in [3.63, 3.8) is 0 Å². The molecule has 1 rings (SSSR count). The number of carbonyl (C=O) groups is 1. The van der Waals surface area contributed by atoms with Crippen molar-refractivity contribution in [3.8, 4) is 0 Å². The summed E-state index contributed by atoms with van der Waals surface area (Å²) in [6.07, 6.45) is 0. The second-order valence-electron chi connectivity index (χ2n) is 3.02. The van der Waals surface area contributed by atoms with Crippen molar-refractivity contribution < 1.29 is 4.79 Å². The third kappa shape index (κ3) is 2.67. The second kappa shape index (κ2) is 4.27. The zero-order chi connectivity index (χ0) is 8.97. The number of nitrogens with zero attached hydrogens (tertiary/aromatic N) is 2. The highest BCUT2D eigenvalue weighted by Gasteiger charge is 2.17. The maximum atomic E-state index is 11.0. The molecule has 12 heavy (non-hydrogen) atoms. The van der Waals surface area contributed by atoms with E-state index >= 15 is 0 Å². The number of rotatable bonds is 4. The minimum atomic E-state index is 0.0514. The molecule has 0 aromatic carbocycles. The maximum absolute atomic E-state index is 11.0. The Kier molecular flexibility index (Phi) is 3.31. The van der Waals surface area contributed by atoms with Crippen molar-refractivity contribution >= 4 is 6.03 Å². The van der Waals surface area contributed by atoms with Crippen LogP contribution in [0.25, 0.3) is 0 Å². The van der Waals surface area contributed by atoms with Crippen LogP contribution in [-0.4, -0.2) is 56.2 Å². The highest BCUT2D eigenvalue weighted by Crippen LogP contribution is 1.93. The van der Waals surface area contributed by atoms with Crippen molar-refractivity contribution in [1.82, 2.24) is 20.7 Å². The van der Waals surface area contributed by atoms with Gasteiger partial charge < -0.3 is 10.2 Å². The van der Waals surface area contributed by atoms with Gasteiger partial charge in [0.05, 0.1) is 0 Å². The maximum Gasteiger partial charge on any atom is 0.317 e. The van der Waals surface area contributed by atoms with Crippen molar-refractivity contribution in [2.75, 3.05) is 40.3 Å². The summed E-state index contributed by atoms with van der Waals surface area (Å²) in [5.74, 6) is 0. The van der Waals surface area contributed by atoms with Crippen molar-refractivity contribution in [3.05, 3.63) is 0 Å². The number of nitrogens with one attached hydrogen (secondary N) is 2. The fourth-order valence-electron chi connectivity index (χ4n) is 1.13. The van der Waals surface area contributed by atoms with E-state index in [1.807, 2.05) is 19.1 Å². The fraction of sp³-hybridized carbons (Fsp3) is 0.857. The van der Waals surface area contributed by atoms with Gasteiger partial charge in [-0.3, -0.25) is 10.4 Å². The molecule has 5 heteroatoms. The molecular weight excluding hydrogens is 156 g/mol. The third-order valence-corrected chi connectivity index (χ3v) is 1.75. The molecule has 70 valence electrons. The lowest BCUT2D eigenvalue weighted by Crippen LogP contribution is -2.39. The number of hydrazine groups is 1. The minimum absolute atomic E-state index is 0.0514. The Morgan fingerprint density at radius 3 is 2.92 bits per heavy atom. The molecule has 0 aromatic rings. The number of amides is 2. The molecule has 1 saturated heterocycles.